The Hall–Kier alpha value is -1.55. The fourth-order valence-corrected chi connectivity index (χ4v) is 2.31. The predicted octanol–water partition coefficient (Wildman–Crippen LogP) is 1.05. The highest BCUT2D eigenvalue weighted by Crippen LogP contribution is 2.22. The van der Waals surface area contributed by atoms with Crippen LogP contribution in [0.25, 0.3) is 5.52 Å². The molecule has 4 nitrogen and oxygen atoms in total. The Balaban J connectivity index is 2.08. The second-order valence-electron chi connectivity index (χ2n) is 4.19. The van der Waals surface area contributed by atoms with E-state index in [0.29, 0.717) is 0 Å². The van der Waals surface area contributed by atoms with Crippen LogP contribution in [-0.4, -0.2) is 35.6 Å². The van der Waals surface area contributed by atoms with Crippen LogP contribution >= 0.6 is 0 Å². The summed E-state index contributed by atoms with van der Waals surface area (Å²) in [6, 6.07) is 4.28. The van der Waals surface area contributed by atoms with Crippen LogP contribution < -0.4 is 10.2 Å². The van der Waals surface area contributed by atoms with Crippen LogP contribution in [0.3, 0.4) is 0 Å². The van der Waals surface area contributed by atoms with E-state index in [1.807, 2.05) is 13.1 Å². The van der Waals surface area contributed by atoms with Gasteiger partial charge >= 0.3 is 0 Å². The third kappa shape index (κ3) is 1.46. The Morgan fingerprint density at radius 3 is 2.94 bits per heavy atom. The van der Waals surface area contributed by atoms with Crippen molar-refractivity contribution in [3.8, 4) is 0 Å². The van der Waals surface area contributed by atoms with Gasteiger partial charge in [-0.15, -0.1) is 0 Å². The van der Waals surface area contributed by atoms with Crippen LogP contribution in [0.1, 0.15) is 5.82 Å². The summed E-state index contributed by atoms with van der Waals surface area (Å²) in [6.45, 7) is 6.31. The lowest BCUT2D eigenvalue weighted by atomic mass is 10.2. The quantitative estimate of drug-likeness (QED) is 0.773. The van der Waals surface area contributed by atoms with Gasteiger partial charge in [-0.2, -0.15) is 0 Å². The highest BCUT2D eigenvalue weighted by Gasteiger charge is 2.13. The Morgan fingerprint density at radius 2 is 2.12 bits per heavy atom. The number of nitrogens with zero attached hydrogens (tertiary/aromatic N) is 3. The van der Waals surface area contributed by atoms with Gasteiger partial charge in [0, 0.05) is 32.4 Å². The maximum atomic E-state index is 4.37. The van der Waals surface area contributed by atoms with Gasteiger partial charge in [-0.3, -0.25) is 0 Å². The van der Waals surface area contributed by atoms with E-state index in [1.165, 1.54) is 11.2 Å². The van der Waals surface area contributed by atoms with Gasteiger partial charge in [-0.1, -0.05) is 0 Å². The van der Waals surface area contributed by atoms with Crippen molar-refractivity contribution in [2.45, 2.75) is 6.92 Å². The van der Waals surface area contributed by atoms with Gasteiger partial charge in [0.1, 0.15) is 5.82 Å². The molecule has 84 valence electrons. The molecule has 3 heterocycles. The minimum Gasteiger partial charge on any atom is -0.367 e. The maximum absolute atomic E-state index is 4.37. The Labute approximate surface area is 94.9 Å². The first-order valence-corrected chi connectivity index (χ1v) is 5.74. The molecule has 1 aliphatic heterocycles. The average Bonchev–Trinajstić information content (AvgIpc) is 2.73. The molecule has 0 aromatic carbocycles. The average molecular weight is 216 g/mol. The smallest absolute Gasteiger partial charge is 0.110 e. The number of aromatic nitrogens is 2. The molecule has 0 aliphatic carbocycles. The summed E-state index contributed by atoms with van der Waals surface area (Å²) >= 11 is 0. The summed E-state index contributed by atoms with van der Waals surface area (Å²) in [5.41, 5.74) is 2.51. The van der Waals surface area contributed by atoms with Crippen LogP contribution in [0.5, 0.6) is 0 Å². The van der Waals surface area contributed by atoms with Gasteiger partial charge in [0.05, 0.1) is 17.4 Å². The van der Waals surface area contributed by atoms with E-state index in [0.717, 1.165) is 32.0 Å². The molecule has 0 unspecified atom stereocenters. The zero-order chi connectivity index (χ0) is 11.0. The zero-order valence-electron chi connectivity index (χ0n) is 9.48. The maximum Gasteiger partial charge on any atom is 0.110 e. The second kappa shape index (κ2) is 3.79. The molecule has 3 rings (SSSR count). The lowest BCUT2D eigenvalue weighted by Crippen LogP contribution is -2.43. The van der Waals surface area contributed by atoms with Crippen molar-refractivity contribution < 1.29 is 0 Å². The number of fused-ring (bicyclic) bond motifs is 1. The zero-order valence-corrected chi connectivity index (χ0v) is 9.48. The minimum absolute atomic E-state index is 1.05. The van der Waals surface area contributed by atoms with E-state index in [-0.39, 0.29) is 0 Å². The van der Waals surface area contributed by atoms with E-state index in [9.17, 15) is 0 Å². The molecule has 0 bridgehead atoms. The van der Waals surface area contributed by atoms with Crippen molar-refractivity contribution in [3.05, 3.63) is 30.4 Å². The first-order valence-electron chi connectivity index (χ1n) is 5.74. The number of aryl methyl sites for hydroxylation is 1. The number of hydrogen-bond acceptors (Lipinski definition) is 3. The Morgan fingerprint density at radius 1 is 1.31 bits per heavy atom. The second-order valence-corrected chi connectivity index (χ2v) is 4.19. The van der Waals surface area contributed by atoms with Gasteiger partial charge in [0.25, 0.3) is 0 Å². The largest absolute Gasteiger partial charge is 0.367 e. The van der Waals surface area contributed by atoms with Crippen molar-refractivity contribution in [1.82, 2.24) is 14.7 Å². The van der Waals surface area contributed by atoms with Crippen LogP contribution in [0.15, 0.2) is 24.5 Å². The first kappa shape index (κ1) is 9.66. The predicted molar refractivity (Wildman–Crippen MR) is 65.0 cm³/mol. The van der Waals surface area contributed by atoms with Crippen LogP contribution in [0, 0.1) is 6.92 Å². The molecule has 1 saturated heterocycles. The summed E-state index contributed by atoms with van der Waals surface area (Å²) in [4.78, 5) is 6.80. The van der Waals surface area contributed by atoms with Crippen molar-refractivity contribution in [2.75, 3.05) is 31.1 Å². The lowest BCUT2D eigenvalue weighted by Gasteiger charge is -2.29. The molecule has 2 aromatic heterocycles. The number of piperazine rings is 1. The van der Waals surface area contributed by atoms with Gasteiger partial charge < -0.3 is 14.6 Å². The topological polar surface area (TPSA) is 32.6 Å². The molecule has 0 amide bonds. The number of anilines is 1. The fourth-order valence-electron chi connectivity index (χ4n) is 2.31. The van der Waals surface area contributed by atoms with E-state index >= 15 is 0 Å². The number of pyridine rings is 1. The molecule has 1 fully saturated rings. The summed E-state index contributed by atoms with van der Waals surface area (Å²) in [5, 5.41) is 3.37. The van der Waals surface area contributed by atoms with E-state index < -0.39 is 0 Å². The van der Waals surface area contributed by atoms with Crippen LogP contribution in [-0.2, 0) is 0 Å². The number of hydrogen-bond donors (Lipinski definition) is 1. The molecule has 4 heteroatoms. The van der Waals surface area contributed by atoms with Crippen molar-refractivity contribution in [1.29, 1.82) is 0 Å². The Bertz CT molecular complexity index is 497. The number of imidazole rings is 1. The third-order valence-corrected chi connectivity index (χ3v) is 3.19. The monoisotopic (exact) mass is 216 g/mol. The molecule has 0 radical (unpaired) electrons. The summed E-state index contributed by atoms with van der Waals surface area (Å²) in [7, 11) is 0. The van der Waals surface area contributed by atoms with Crippen molar-refractivity contribution in [3.63, 3.8) is 0 Å². The van der Waals surface area contributed by atoms with Gasteiger partial charge in [0.15, 0.2) is 0 Å². The molecule has 2 aromatic rings. The molecule has 1 aliphatic rings. The molecule has 0 spiro atoms. The summed E-state index contributed by atoms with van der Waals surface area (Å²) in [6.07, 6.45) is 4.04. The third-order valence-electron chi connectivity index (χ3n) is 3.19. The molecule has 1 N–H and O–H groups in total. The number of rotatable bonds is 1. The highest BCUT2D eigenvalue weighted by molar-refractivity contribution is 5.72. The van der Waals surface area contributed by atoms with Gasteiger partial charge in [0.2, 0.25) is 0 Å². The van der Waals surface area contributed by atoms with Gasteiger partial charge in [-0.05, 0) is 19.1 Å². The Kier molecular flexibility index (Phi) is 2.29. The fraction of sp³-hybridized carbons (Fsp3) is 0.417. The summed E-state index contributed by atoms with van der Waals surface area (Å²) in [5.74, 6) is 1.05. The first-order chi connectivity index (χ1) is 7.86. The SMILES string of the molecule is Cc1ncc2c(N3CCNCC3)cccn12. The van der Waals surface area contributed by atoms with E-state index in [2.05, 4.69) is 37.9 Å². The molecule has 0 atom stereocenters. The molecular formula is C12H16N4. The van der Waals surface area contributed by atoms with Crippen molar-refractivity contribution in [2.24, 2.45) is 0 Å². The highest BCUT2D eigenvalue weighted by atomic mass is 15.2. The normalized spacial score (nSPS) is 16.9. The van der Waals surface area contributed by atoms with E-state index in [1.54, 1.807) is 0 Å². The lowest BCUT2D eigenvalue weighted by molar-refractivity contribution is 0.590. The van der Waals surface area contributed by atoms with Crippen LogP contribution in [0.2, 0.25) is 0 Å². The minimum atomic E-state index is 1.05. The van der Waals surface area contributed by atoms with Crippen LogP contribution in [0.4, 0.5) is 5.69 Å². The van der Waals surface area contributed by atoms with Crippen molar-refractivity contribution >= 4 is 11.2 Å². The van der Waals surface area contributed by atoms with Gasteiger partial charge in [-0.25, -0.2) is 4.98 Å². The van der Waals surface area contributed by atoms with E-state index in [4.69, 9.17) is 0 Å². The summed E-state index contributed by atoms with van der Waals surface area (Å²) < 4.78 is 2.15. The number of nitrogens with one attached hydrogen (secondary N) is 1. The standard InChI is InChI=1S/C12H16N4/c1-10-14-9-12-11(3-2-6-16(10)12)15-7-4-13-5-8-15/h2-3,6,9,13H,4-5,7-8H2,1H3. The molecule has 16 heavy (non-hydrogen) atoms. The molecule has 0 saturated carbocycles. The molecular weight excluding hydrogens is 200 g/mol.